The summed E-state index contributed by atoms with van der Waals surface area (Å²) < 4.78 is 28.4. The molecule has 36 heavy (non-hydrogen) atoms. The van der Waals surface area contributed by atoms with Gasteiger partial charge in [-0.15, -0.1) is 0 Å². The lowest BCUT2D eigenvalue weighted by Crippen LogP contribution is -2.52. The molecule has 0 aliphatic heterocycles. The minimum atomic E-state index is -4.04. The van der Waals surface area contributed by atoms with Crippen LogP contribution in [0.3, 0.4) is 0 Å². The molecule has 0 aromatic heterocycles. The lowest BCUT2D eigenvalue weighted by molar-refractivity contribution is -0.138. The Hall–Kier alpha value is -3.65. The monoisotopic (exact) mass is 507 g/mol. The Kier molecular flexibility index (Phi) is 9.25. The van der Waals surface area contributed by atoms with Crippen molar-refractivity contribution in [3.8, 4) is 0 Å². The molecule has 0 aliphatic carbocycles. The van der Waals surface area contributed by atoms with Gasteiger partial charge >= 0.3 is 0 Å². The molecule has 0 spiro atoms. The number of nitrogens with zero attached hydrogens (tertiary/aromatic N) is 2. The van der Waals surface area contributed by atoms with Gasteiger partial charge in [0.1, 0.15) is 12.6 Å². The maximum Gasteiger partial charge on any atom is 0.264 e. The van der Waals surface area contributed by atoms with Gasteiger partial charge < -0.3 is 10.2 Å². The highest BCUT2D eigenvalue weighted by Gasteiger charge is 2.32. The smallest absolute Gasteiger partial charge is 0.264 e. The Labute approximate surface area is 213 Å². The number of carbonyl (C=O) groups is 2. The number of nitrogens with one attached hydrogen (secondary N) is 1. The topological polar surface area (TPSA) is 86.8 Å². The highest BCUT2D eigenvalue weighted by Crippen LogP contribution is 2.24. The summed E-state index contributed by atoms with van der Waals surface area (Å²) in [6.45, 7) is 5.62. The van der Waals surface area contributed by atoms with Crippen LogP contribution < -0.4 is 9.62 Å². The Morgan fingerprint density at radius 3 is 2.06 bits per heavy atom. The molecule has 1 atom stereocenters. The zero-order chi connectivity index (χ0) is 26.1. The number of hydrogen-bond acceptors (Lipinski definition) is 4. The summed E-state index contributed by atoms with van der Waals surface area (Å²) in [6, 6.07) is 24.0. The quantitative estimate of drug-likeness (QED) is 0.428. The second kappa shape index (κ2) is 12.4. The van der Waals surface area contributed by atoms with Gasteiger partial charge in [-0.25, -0.2) is 8.42 Å². The van der Waals surface area contributed by atoms with Crippen molar-refractivity contribution in [1.29, 1.82) is 0 Å². The van der Waals surface area contributed by atoms with Crippen molar-refractivity contribution in [1.82, 2.24) is 10.2 Å². The first-order valence-corrected chi connectivity index (χ1v) is 13.4. The number of hydrogen-bond donors (Lipinski definition) is 1. The predicted octanol–water partition coefficient (Wildman–Crippen LogP) is 3.79. The third-order valence-electron chi connectivity index (χ3n) is 5.93. The second-order valence-corrected chi connectivity index (χ2v) is 10.4. The lowest BCUT2D eigenvalue weighted by Gasteiger charge is -2.32. The van der Waals surface area contributed by atoms with Gasteiger partial charge in [0.25, 0.3) is 10.0 Å². The Bertz CT molecular complexity index is 1250. The van der Waals surface area contributed by atoms with Crippen LogP contribution >= 0.6 is 0 Å². The summed E-state index contributed by atoms with van der Waals surface area (Å²) in [6.07, 6.45) is 0.534. The molecule has 3 aromatic carbocycles. The molecule has 3 rings (SSSR count). The van der Waals surface area contributed by atoms with Crippen LogP contribution in [0.2, 0.25) is 0 Å². The van der Waals surface area contributed by atoms with E-state index in [1.54, 1.807) is 49.4 Å². The number of sulfonamides is 1. The molecule has 1 N–H and O–H groups in total. The number of rotatable bonds is 11. The molecule has 7 nitrogen and oxygen atoms in total. The zero-order valence-corrected chi connectivity index (χ0v) is 21.7. The molecule has 8 heteroatoms. The maximum atomic E-state index is 13.7. The Morgan fingerprint density at radius 2 is 1.47 bits per heavy atom. The van der Waals surface area contributed by atoms with Gasteiger partial charge in [-0.1, -0.05) is 66.2 Å². The first-order chi connectivity index (χ1) is 17.2. The molecule has 0 aliphatic rings. The molecule has 0 saturated heterocycles. The molecule has 0 fully saturated rings. The van der Waals surface area contributed by atoms with E-state index in [1.807, 2.05) is 44.2 Å². The van der Waals surface area contributed by atoms with E-state index in [9.17, 15) is 18.0 Å². The average molecular weight is 508 g/mol. The SMILES string of the molecule is CCNC(=O)[C@H](C)N(CCc1ccccc1)C(=O)CN(c1ccccc1)S(=O)(=O)c1ccc(C)cc1. The van der Waals surface area contributed by atoms with Crippen LogP contribution in [0.25, 0.3) is 0 Å². The van der Waals surface area contributed by atoms with Crippen LogP contribution in [0.15, 0.2) is 89.8 Å². The van der Waals surface area contributed by atoms with Crippen LogP contribution in [0, 0.1) is 6.92 Å². The number of para-hydroxylation sites is 1. The minimum Gasteiger partial charge on any atom is -0.355 e. The Balaban J connectivity index is 1.94. The number of amides is 2. The van der Waals surface area contributed by atoms with Crippen molar-refractivity contribution in [3.05, 3.63) is 96.1 Å². The molecule has 2 amide bonds. The van der Waals surface area contributed by atoms with Crippen molar-refractivity contribution in [2.24, 2.45) is 0 Å². The van der Waals surface area contributed by atoms with E-state index in [-0.39, 0.29) is 17.3 Å². The molecule has 0 bridgehead atoms. The van der Waals surface area contributed by atoms with E-state index < -0.39 is 28.5 Å². The molecule has 0 radical (unpaired) electrons. The van der Waals surface area contributed by atoms with Gasteiger partial charge in [0.05, 0.1) is 10.6 Å². The van der Waals surface area contributed by atoms with Gasteiger partial charge in [0.15, 0.2) is 0 Å². The molecular weight excluding hydrogens is 474 g/mol. The number of carbonyl (C=O) groups excluding carboxylic acids is 2. The summed E-state index contributed by atoms with van der Waals surface area (Å²) in [5, 5.41) is 2.76. The van der Waals surface area contributed by atoms with Crippen LogP contribution in [-0.4, -0.2) is 50.8 Å². The minimum absolute atomic E-state index is 0.0948. The van der Waals surface area contributed by atoms with E-state index >= 15 is 0 Å². The summed E-state index contributed by atoms with van der Waals surface area (Å²) in [5.74, 6) is -0.740. The van der Waals surface area contributed by atoms with E-state index in [1.165, 1.54) is 17.0 Å². The second-order valence-electron chi connectivity index (χ2n) is 8.55. The van der Waals surface area contributed by atoms with Crippen molar-refractivity contribution in [2.45, 2.75) is 38.1 Å². The normalized spacial score (nSPS) is 12.0. The van der Waals surface area contributed by atoms with Gasteiger partial charge in [-0.3, -0.25) is 13.9 Å². The van der Waals surface area contributed by atoms with E-state index in [0.29, 0.717) is 18.7 Å². The first kappa shape index (κ1) is 26.9. The van der Waals surface area contributed by atoms with Crippen LogP contribution in [0.4, 0.5) is 5.69 Å². The van der Waals surface area contributed by atoms with Gasteiger partial charge in [-0.2, -0.15) is 0 Å². The predicted molar refractivity (Wildman–Crippen MR) is 142 cm³/mol. The van der Waals surface area contributed by atoms with Crippen LogP contribution in [-0.2, 0) is 26.0 Å². The van der Waals surface area contributed by atoms with Crippen LogP contribution in [0.5, 0.6) is 0 Å². The molecule has 3 aromatic rings. The fourth-order valence-electron chi connectivity index (χ4n) is 3.85. The third kappa shape index (κ3) is 6.73. The molecule has 0 heterocycles. The number of aryl methyl sites for hydroxylation is 1. The van der Waals surface area contributed by atoms with E-state index in [0.717, 1.165) is 15.4 Å². The zero-order valence-electron chi connectivity index (χ0n) is 20.9. The van der Waals surface area contributed by atoms with Crippen LogP contribution in [0.1, 0.15) is 25.0 Å². The van der Waals surface area contributed by atoms with Crippen molar-refractivity contribution >= 4 is 27.5 Å². The molecule has 190 valence electrons. The fraction of sp³-hybridized carbons (Fsp3) is 0.286. The van der Waals surface area contributed by atoms with Crippen molar-refractivity contribution < 1.29 is 18.0 Å². The lowest BCUT2D eigenvalue weighted by atomic mass is 10.1. The maximum absolute atomic E-state index is 13.7. The average Bonchev–Trinajstić information content (AvgIpc) is 2.88. The van der Waals surface area contributed by atoms with Gasteiger partial charge in [0, 0.05) is 13.1 Å². The van der Waals surface area contributed by atoms with E-state index in [4.69, 9.17) is 0 Å². The van der Waals surface area contributed by atoms with E-state index in [2.05, 4.69) is 5.32 Å². The third-order valence-corrected chi connectivity index (χ3v) is 7.72. The summed E-state index contributed by atoms with van der Waals surface area (Å²) >= 11 is 0. The van der Waals surface area contributed by atoms with Gasteiger partial charge in [-0.05, 0) is 57.0 Å². The molecule has 0 unspecified atom stereocenters. The summed E-state index contributed by atoms with van der Waals surface area (Å²) in [7, 11) is -4.04. The summed E-state index contributed by atoms with van der Waals surface area (Å²) in [4.78, 5) is 27.9. The van der Waals surface area contributed by atoms with Crippen molar-refractivity contribution in [2.75, 3.05) is 23.9 Å². The Morgan fingerprint density at radius 1 is 0.889 bits per heavy atom. The molecular formula is C28H33N3O4S. The fourth-order valence-corrected chi connectivity index (χ4v) is 5.27. The summed E-state index contributed by atoms with van der Waals surface area (Å²) in [5.41, 5.74) is 2.32. The standard InChI is InChI=1S/C28H33N3O4S/c1-4-29-28(33)23(3)30(20-19-24-11-7-5-8-12-24)27(32)21-31(25-13-9-6-10-14-25)36(34,35)26-17-15-22(2)16-18-26/h5-18,23H,4,19-21H2,1-3H3,(H,29,33)/t23-/m0/s1. The molecule has 0 saturated carbocycles. The number of benzene rings is 3. The first-order valence-electron chi connectivity index (χ1n) is 12.0. The van der Waals surface area contributed by atoms with Gasteiger partial charge in [0.2, 0.25) is 11.8 Å². The highest BCUT2D eigenvalue weighted by atomic mass is 32.2. The largest absolute Gasteiger partial charge is 0.355 e. The number of likely N-dealkylation sites (N-methyl/N-ethyl adjacent to an activating group) is 1. The van der Waals surface area contributed by atoms with Crippen molar-refractivity contribution in [3.63, 3.8) is 0 Å². The highest BCUT2D eigenvalue weighted by molar-refractivity contribution is 7.92. The number of anilines is 1.